The fourth-order valence-corrected chi connectivity index (χ4v) is 4.02. The molecule has 2 aromatic carbocycles. The highest BCUT2D eigenvalue weighted by Gasteiger charge is 2.20. The summed E-state index contributed by atoms with van der Waals surface area (Å²) in [6.07, 6.45) is 5.11. The van der Waals surface area contributed by atoms with Crippen molar-refractivity contribution in [1.82, 2.24) is 19.9 Å². The number of rotatable bonds is 3. The van der Waals surface area contributed by atoms with Crippen LogP contribution in [0.15, 0.2) is 54.9 Å². The summed E-state index contributed by atoms with van der Waals surface area (Å²) in [5, 5.41) is 2.04. The fourth-order valence-electron chi connectivity index (χ4n) is 3.89. The number of nitrogens with one attached hydrogen (secondary N) is 1. The van der Waals surface area contributed by atoms with Gasteiger partial charge in [-0.1, -0.05) is 23.2 Å². The molecule has 1 aliphatic heterocycles. The van der Waals surface area contributed by atoms with E-state index < -0.39 is 0 Å². The van der Waals surface area contributed by atoms with E-state index in [1.807, 2.05) is 30.5 Å². The van der Waals surface area contributed by atoms with Gasteiger partial charge in [0.15, 0.2) is 5.82 Å². The van der Waals surface area contributed by atoms with Crippen molar-refractivity contribution in [2.24, 2.45) is 0 Å². The number of fused-ring (bicyclic) bond motifs is 2. The van der Waals surface area contributed by atoms with Gasteiger partial charge >= 0.3 is 0 Å². The lowest BCUT2D eigenvalue weighted by Gasteiger charge is -2.27. The van der Waals surface area contributed by atoms with E-state index >= 15 is 0 Å². The molecule has 28 heavy (non-hydrogen) atoms. The second kappa shape index (κ2) is 7.04. The van der Waals surface area contributed by atoms with Crippen molar-refractivity contribution >= 4 is 22.5 Å². The minimum absolute atomic E-state index is 0.724. The molecule has 140 valence electrons. The zero-order valence-corrected chi connectivity index (χ0v) is 16.5. The van der Waals surface area contributed by atoms with Gasteiger partial charge in [0, 0.05) is 53.5 Å². The van der Waals surface area contributed by atoms with Crippen LogP contribution < -0.4 is 0 Å². The van der Waals surface area contributed by atoms with Crippen molar-refractivity contribution in [3.8, 4) is 11.4 Å². The summed E-state index contributed by atoms with van der Waals surface area (Å²) in [5.41, 5.74) is 7.21. The summed E-state index contributed by atoms with van der Waals surface area (Å²) >= 11 is 6.00. The molecule has 0 bridgehead atoms. The highest BCUT2D eigenvalue weighted by atomic mass is 35.5. The van der Waals surface area contributed by atoms with Crippen molar-refractivity contribution < 1.29 is 0 Å². The summed E-state index contributed by atoms with van der Waals surface area (Å²) in [7, 11) is 0. The van der Waals surface area contributed by atoms with Crippen LogP contribution in [0.2, 0.25) is 5.02 Å². The summed E-state index contributed by atoms with van der Waals surface area (Å²) in [5.74, 6) is 0.764. The van der Waals surface area contributed by atoms with Crippen LogP contribution in [-0.2, 0) is 19.5 Å². The number of nitrogens with zero attached hydrogens (tertiary/aromatic N) is 3. The van der Waals surface area contributed by atoms with Crippen LogP contribution >= 0.6 is 11.6 Å². The number of aromatic nitrogens is 3. The third kappa shape index (κ3) is 3.30. The van der Waals surface area contributed by atoms with Crippen LogP contribution in [-0.4, -0.2) is 26.4 Å². The molecule has 2 aromatic heterocycles. The topological polar surface area (TPSA) is 44.8 Å². The van der Waals surface area contributed by atoms with Gasteiger partial charge in [0.2, 0.25) is 0 Å². The molecular weight excluding hydrogens is 368 g/mol. The summed E-state index contributed by atoms with van der Waals surface area (Å²) in [4.78, 5) is 15.3. The Labute approximate surface area is 169 Å². The normalized spacial score (nSPS) is 14.4. The highest BCUT2D eigenvalue weighted by molar-refractivity contribution is 6.30. The molecule has 0 saturated carbocycles. The number of H-pyrrole nitrogens is 1. The van der Waals surface area contributed by atoms with Crippen molar-refractivity contribution in [3.05, 3.63) is 82.3 Å². The Morgan fingerprint density at radius 3 is 2.86 bits per heavy atom. The van der Waals surface area contributed by atoms with Gasteiger partial charge in [-0.2, -0.15) is 0 Å². The number of aryl methyl sites for hydroxylation is 1. The minimum atomic E-state index is 0.724. The molecule has 0 unspecified atom stereocenters. The molecule has 1 N–H and O–H groups in total. The first-order valence-electron chi connectivity index (χ1n) is 9.55. The smallest absolute Gasteiger partial charge is 0.159 e. The second-order valence-electron chi connectivity index (χ2n) is 7.50. The standard InChI is InChI=1S/C23H21ClN4/c1-15-2-7-21-20(10-15)18(12-25-21)13-28-9-8-17-11-26-23(27-22(17)14-28)16-3-5-19(24)6-4-16/h2-7,10-12,25H,8-9,13-14H2,1H3. The van der Waals surface area contributed by atoms with Crippen LogP contribution in [0.4, 0.5) is 0 Å². The van der Waals surface area contributed by atoms with E-state index in [0.717, 1.165) is 48.2 Å². The Morgan fingerprint density at radius 1 is 1.14 bits per heavy atom. The van der Waals surface area contributed by atoms with Crippen LogP contribution in [0.1, 0.15) is 22.4 Å². The van der Waals surface area contributed by atoms with Gasteiger partial charge in [0.25, 0.3) is 0 Å². The van der Waals surface area contributed by atoms with Crippen LogP contribution in [0, 0.1) is 6.92 Å². The molecule has 0 spiro atoms. The predicted molar refractivity (Wildman–Crippen MR) is 113 cm³/mol. The van der Waals surface area contributed by atoms with E-state index in [1.54, 1.807) is 0 Å². The van der Waals surface area contributed by atoms with Gasteiger partial charge < -0.3 is 4.98 Å². The zero-order valence-electron chi connectivity index (χ0n) is 15.7. The van der Waals surface area contributed by atoms with Gasteiger partial charge in [0.1, 0.15) is 0 Å². The molecule has 3 heterocycles. The molecule has 5 heteroatoms. The number of hydrogen-bond acceptors (Lipinski definition) is 3. The van der Waals surface area contributed by atoms with E-state index in [0.29, 0.717) is 0 Å². The molecule has 0 aliphatic carbocycles. The van der Waals surface area contributed by atoms with Gasteiger partial charge in [0.05, 0.1) is 5.69 Å². The average Bonchev–Trinajstić information content (AvgIpc) is 3.10. The minimum Gasteiger partial charge on any atom is -0.361 e. The van der Waals surface area contributed by atoms with Crippen molar-refractivity contribution in [1.29, 1.82) is 0 Å². The van der Waals surface area contributed by atoms with E-state index in [4.69, 9.17) is 16.6 Å². The Morgan fingerprint density at radius 2 is 2.00 bits per heavy atom. The van der Waals surface area contributed by atoms with Crippen molar-refractivity contribution in [3.63, 3.8) is 0 Å². The maximum absolute atomic E-state index is 6.00. The molecular formula is C23H21ClN4. The third-order valence-electron chi connectivity index (χ3n) is 5.44. The summed E-state index contributed by atoms with van der Waals surface area (Å²) < 4.78 is 0. The van der Waals surface area contributed by atoms with Crippen LogP contribution in [0.3, 0.4) is 0 Å². The van der Waals surface area contributed by atoms with E-state index in [-0.39, 0.29) is 0 Å². The number of aromatic amines is 1. The van der Waals surface area contributed by atoms with E-state index in [9.17, 15) is 0 Å². The SMILES string of the molecule is Cc1ccc2[nH]cc(CN3CCc4cnc(-c5ccc(Cl)cc5)nc4C3)c2c1. The van der Waals surface area contributed by atoms with Crippen LogP contribution in [0.25, 0.3) is 22.3 Å². The average molecular weight is 389 g/mol. The molecule has 1 aliphatic rings. The molecule has 0 radical (unpaired) electrons. The van der Waals surface area contributed by atoms with Gasteiger partial charge in [-0.25, -0.2) is 9.97 Å². The lowest BCUT2D eigenvalue weighted by molar-refractivity contribution is 0.242. The molecule has 0 atom stereocenters. The maximum Gasteiger partial charge on any atom is 0.159 e. The lowest BCUT2D eigenvalue weighted by Crippen LogP contribution is -2.31. The van der Waals surface area contributed by atoms with E-state index in [1.165, 1.54) is 27.6 Å². The first-order valence-corrected chi connectivity index (χ1v) is 9.93. The fraction of sp³-hybridized carbons (Fsp3) is 0.217. The Balaban J connectivity index is 1.40. The highest BCUT2D eigenvalue weighted by Crippen LogP contribution is 2.25. The summed E-state index contributed by atoms with van der Waals surface area (Å²) in [6, 6.07) is 14.3. The predicted octanol–water partition coefficient (Wildman–Crippen LogP) is 5.15. The monoisotopic (exact) mass is 388 g/mol. The molecule has 0 saturated heterocycles. The van der Waals surface area contributed by atoms with E-state index in [2.05, 4.69) is 46.2 Å². The Hall–Kier alpha value is -2.69. The largest absolute Gasteiger partial charge is 0.361 e. The first-order chi connectivity index (χ1) is 13.7. The van der Waals surface area contributed by atoms with Crippen LogP contribution in [0.5, 0.6) is 0 Å². The van der Waals surface area contributed by atoms with Crippen molar-refractivity contribution in [2.75, 3.05) is 6.54 Å². The molecule has 0 fully saturated rings. The number of hydrogen-bond donors (Lipinski definition) is 1. The van der Waals surface area contributed by atoms with Gasteiger partial charge in [-0.15, -0.1) is 0 Å². The molecule has 5 rings (SSSR count). The lowest BCUT2D eigenvalue weighted by atomic mass is 10.0. The Bertz CT molecular complexity index is 1150. The molecule has 0 amide bonds. The third-order valence-corrected chi connectivity index (χ3v) is 5.70. The molecule has 4 aromatic rings. The first kappa shape index (κ1) is 17.4. The van der Waals surface area contributed by atoms with Crippen molar-refractivity contribution in [2.45, 2.75) is 26.4 Å². The molecule has 4 nitrogen and oxygen atoms in total. The second-order valence-corrected chi connectivity index (χ2v) is 7.93. The maximum atomic E-state index is 6.00. The zero-order chi connectivity index (χ0) is 19.1. The quantitative estimate of drug-likeness (QED) is 0.528. The van der Waals surface area contributed by atoms with Gasteiger partial charge in [-0.3, -0.25) is 4.90 Å². The summed E-state index contributed by atoms with van der Waals surface area (Å²) in [6.45, 7) is 4.93. The Kier molecular flexibility index (Phi) is 4.38. The number of halogens is 1. The van der Waals surface area contributed by atoms with Gasteiger partial charge in [-0.05, 0) is 60.9 Å². The number of benzene rings is 2.